The van der Waals surface area contributed by atoms with Crippen LogP contribution in [-0.2, 0) is 4.74 Å². The number of rotatable bonds is 6. The SMILES string of the molecule is COC(=O)c1cncc(NCCCN(C)C)n1. The van der Waals surface area contributed by atoms with Gasteiger partial charge in [0.05, 0.1) is 19.5 Å². The van der Waals surface area contributed by atoms with Gasteiger partial charge in [-0.15, -0.1) is 0 Å². The molecule has 0 amide bonds. The first-order chi connectivity index (χ1) is 8.13. The standard InChI is InChI=1S/C11H18N4O2/c1-15(2)6-4-5-13-10-8-12-7-9(14-10)11(16)17-3/h7-8H,4-6H2,1-3H3,(H,13,14). The van der Waals surface area contributed by atoms with Crippen molar-refractivity contribution in [1.82, 2.24) is 14.9 Å². The lowest BCUT2D eigenvalue weighted by atomic mass is 10.4. The number of anilines is 1. The molecular weight excluding hydrogens is 220 g/mol. The third-order valence-electron chi connectivity index (χ3n) is 2.12. The summed E-state index contributed by atoms with van der Waals surface area (Å²) in [5, 5.41) is 3.11. The van der Waals surface area contributed by atoms with Crippen molar-refractivity contribution in [2.24, 2.45) is 0 Å². The number of nitrogens with one attached hydrogen (secondary N) is 1. The fourth-order valence-electron chi connectivity index (χ4n) is 1.27. The van der Waals surface area contributed by atoms with Crippen LogP contribution < -0.4 is 5.32 Å². The summed E-state index contributed by atoms with van der Waals surface area (Å²) >= 11 is 0. The van der Waals surface area contributed by atoms with Gasteiger partial charge < -0.3 is 15.0 Å². The molecule has 1 rings (SSSR count). The molecule has 1 aromatic heterocycles. The second-order valence-electron chi connectivity index (χ2n) is 3.86. The van der Waals surface area contributed by atoms with Crippen molar-refractivity contribution in [3.63, 3.8) is 0 Å². The first-order valence-corrected chi connectivity index (χ1v) is 5.42. The minimum atomic E-state index is -0.477. The van der Waals surface area contributed by atoms with Gasteiger partial charge in [-0.25, -0.2) is 9.78 Å². The van der Waals surface area contributed by atoms with Crippen LogP contribution in [0.1, 0.15) is 16.9 Å². The first kappa shape index (κ1) is 13.4. The van der Waals surface area contributed by atoms with Crippen molar-refractivity contribution in [3.05, 3.63) is 18.1 Å². The highest BCUT2D eigenvalue weighted by molar-refractivity contribution is 5.87. The van der Waals surface area contributed by atoms with Crippen LogP contribution in [0.2, 0.25) is 0 Å². The summed E-state index contributed by atoms with van der Waals surface area (Å²) in [6.45, 7) is 1.79. The van der Waals surface area contributed by atoms with Crippen LogP contribution >= 0.6 is 0 Å². The fraction of sp³-hybridized carbons (Fsp3) is 0.545. The Balaban J connectivity index is 2.46. The maximum Gasteiger partial charge on any atom is 0.358 e. The van der Waals surface area contributed by atoms with Gasteiger partial charge in [0, 0.05) is 6.54 Å². The fourth-order valence-corrected chi connectivity index (χ4v) is 1.27. The van der Waals surface area contributed by atoms with E-state index in [0.29, 0.717) is 5.82 Å². The predicted molar refractivity (Wildman–Crippen MR) is 65.0 cm³/mol. The Bertz CT molecular complexity index is 368. The third kappa shape index (κ3) is 4.78. The van der Waals surface area contributed by atoms with Gasteiger partial charge in [-0.3, -0.25) is 4.98 Å². The number of methoxy groups -OCH3 is 1. The Hall–Kier alpha value is -1.69. The molecule has 17 heavy (non-hydrogen) atoms. The molecule has 1 heterocycles. The number of carbonyl (C=O) groups is 1. The van der Waals surface area contributed by atoms with Gasteiger partial charge in [-0.2, -0.15) is 0 Å². The number of esters is 1. The molecule has 0 aromatic carbocycles. The van der Waals surface area contributed by atoms with Crippen molar-refractivity contribution in [2.45, 2.75) is 6.42 Å². The third-order valence-corrected chi connectivity index (χ3v) is 2.12. The van der Waals surface area contributed by atoms with Crippen LogP contribution in [0, 0.1) is 0 Å². The van der Waals surface area contributed by atoms with Crippen molar-refractivity contribution >= 4 is 11.8 Å². The van der Waals surface area contributed by atoms with E-state index < -0.39 is 5.97 Å². The summed E-state index contributed by atoms with van der Waals surface area (Å²) in [6, 6.07) is 0. The Morgan fingerprint density at radius 3 is 2.88 bits per heavy atom. The maximum atomic E-state index is 11.2. The molecular formula is C11H18N4O2. The monoisotopic (exact) mass is 238 g/mol. The highest BCUT2D eigenvalue weighted by Gasteiger charge is 2.07. The molecule has 0 saturated carbocycles. The Labute approximate surface area is 101 Å². The Morgan fingerprint density at radius 1 is 1.47 bits per heavy atom. The van der Waals surface area contributed by atoms with Crippen molar-refractivity contribution in [1.29, 1.82) is 0 Å². The van der Waals surface area contributed by atoms with Gasteiger partial charge in [-0.05, 0) is 27.1 Å². The van der Waals surface area contributed by atoms with Crippen LogP contribution in [-0.4, -0.2) is 55.1 Å². The van der Waals surface area contributed by atoms with Gasteiger partial charge >= 0.3 is 5.97 Å². The van der Waals surface area contributed by atoms with E-state index in [0.717, 1.165) is 19.5 Å². The summed E-state index contributed by atoms with van der Waals surface area (Å²) < 4.78 is 4.57. The number of ether oxygens (including phenoxy) is 1. The van der Waals surface area contributed by atoms with E-state index in [1.165, 1.54) is 13.3 Å². The molecule has 0 radical (unpaired) electrons. The lowest BCUT2D eigenvalue weighted by Gasteiger charge is -2.10. The number of nitrogens with zero attached hydrogens (tertiary/aromatic N) is 3. The van der Waals surface area contributed by atoms with Crippen molar-refractivity contribution in [3.8, 4) is 0 Å². The largest absolute Gasteiger partial charge is 0.464 e. The van der Waals surface area contributed by atoms with Gasteiger partial charge in [-0.1, -0.05) is 0 Å². The van der Waals surface area contributed by atoms with E-state index in [9.17, 15) is 4.79 Å². The van der Waals surface area contributed by atoms with Gasteiger partial charge in [0.15, 0.2) is 5.69 Å². The summed E-state index contributed by atoms with van der Waals surface area (Å²) in [6.07, 6.45) is 3.97. The minimum Gasteiger partial charge on any atom is -0.464 e. The van der Waals surface area contributed by atoms with E-state index in [1.807, 2.05) is 14.1 Å². The van der Waals surface area contributed by atoms with Crippen LogP contribution in [0.15, 0.2) is 12.4 Å². The van der Waals surface area contributed by atoms with E-state index in [2.05, 4.69) is 24.9 Å². The van der Waals surface area contributed by atoms with Crippen molar-refractivity contribution in [2.75, 3.05) is 39.6 Å². The van der Waals surface area contributed by atoms with Gasteiger partial charge in [0.1, 0.15) is 5.82 Å². The summed E-state index contributed by atoms with van der Waals surface area (Å²) in [5.41, 5.74) is 0.213. The molecule has 0 saturated heterocycles. The predicted octanol–water partition coefficient (Wildman–Crippen LogP) is 0.627. The number of aromatic nitrogens is 2. The minimum absolute atomic E-state index is 0.213. The lowest BCUT2D eigenvalue weighted by Crippen LogP contribution is -2.17. The first-order valence-electron chi connectivity index (χ1n) is 5.42. The van der Waals surface area contributed by atoms with Gasteiger partial charge in [0.25, 0.3) is 0 Å². The van der Waals surface area contributed by atoms with Crippen molar-refractivity contribution < 1.29 is 9.53 Å². The molecule has 1 aromatic rings. The summed E-state index contributed by atoms with van der Waals surface area (Å²) in [7, 11) is 5.37. The van der Waals surface area contributed by atoms with Crippen LogP contribution in [0.5, 0.6) is 0 Å². The number of hydrogen-bond donors (Lipinski definition) is 1. The molecule has 0 fully saturated rings. The molecule has 0 unspecified atom stereocenters. The van der Waals surface area contributed by atoms with E-state index in [-0.39, 0.29) is 5.69 Å². The van der Waals surface area contributed by atoms with Crippen LogP contribution in [0.25, 0.3) is 0 Å². The van der Waals surface area contributed by atoms with E-state index >= 15 is 0 Å². The zero-order valence-electron chi connectivity index (χ0n) is 10.4. The molecule has 0 aliphatic heterocycles. The quantitative estimate of drug-likeness (QED) is 0.579. The Morgan fingerprint density at radius 2 is 2.24 bits per heavy atom. The maximum absolute atomic E-state index is 11.2. The summed E-state index contributed by atoms with van der Waals surface area (Å²) in [4.78, 5) is 21.4. The molecule has 0 aliphatic carbocycles. The van der Waals surface area contributed by atoms with Crippen LogP contribution in [0.4, 0.5) is 5.82 Å². The average Bonchev–Trinajstić information content (AvgIpc) is 2.34. The normalized spacial score (nSPS) is 10.4. The highest BCUT2D eigenvalue weighted by Crippen LogP contribution is 2.03. The van der Waals surface area contributed by atoms with Crippen LogP contribution in [0.3, 0.4) is 0 Å². The number of hydrogen-bond acceptors (Lipinski definition) is 6. The molecule has 0 aliphatic rings. The van der Waals surface area contributed by atoms with Gasteiger partial charge in [0.2, 0.25) is 0 Å². The molecule has 6 heteroatoms. The second-order valence-corrected chi connectivity index (χ2v) is 3.86. The second kappa shape index (κ2) is 6.80. The van der Waals surface area contributed by atoms with E-state index in [1.54, 1.807) is 6.20 Å². The Kier molecular flexibility index (Phi) is 5.35. The molecule has 94 valence electrons. The average molecular weight is 238 g/mol. The molecule has 0 spiro atoms. The smallest absolute Gasteiger partial charge is 0.358 e. The topological polar surface area (TPSA) is 67.3 Å². The molecule has 0 bridgehead atoms. The number of carbonyl (C=O) groups excluding carboxylic acids is 1. The lowest BCUT2D eigenvalue weighted by molar-refractivity contribution is 0.0593. The molecule has 6 nitrogen and oxygen atoms in total. The molecule has 1 N–H and O–H groups in total. The zero-order chi connectivity index (χ0) is 12.7. The summed E-state index contributed by atoms with van der Waals surface area (Å²) in [5.74, 6) is 0.112. The zero-order valence-corrected chi connectivity index (χ0v) is 10.4. The highest BCUT2D eigenvalue weighted by atomic mass is 16.5. The molecule has 0 atom stereocenters. The van der Waals surface area contributed by atoms with E-state index in [4.69, 9.17) is 0 Å².